The summed E-state index contributed by atoms with van der Waals surface area (Å²) < 4.78 is 33.8. The Hall–Kier alpha value is -3.73. The van der Waals surface area contributed by atoms with E-state index in [0.717, 1.165) is 61.5 Å². The zero-order valence-corrected chi connectivity index (χ0v) is 30.1. The molecule has 1 aromatic heterocycles. The minimum atomic E-state index is -3.41. The number of halogens is 1. The summed E-state index contributed by atoms with van der Waals surface area (Å²) >= 11 is 6.45. The number of aryl methyl sites for hydroxylation is 2. The van der Waals surface area contributed by atoms with Crippen LogP contribution in [0.15, 0.2) is 77.4 Å². The molecule has 2 bridgehead atoms. The molecule has 50 heavy (non-hydrogen) atoms. The molecule has 7 rings (SSSR count). The van der Waals surface area contributed by atoms with Crippen molar-refractivity contribution in [3.8, 4) is 5.75 Å². The molecule has 2 aromatic carbocycles. The number of carbonyl (C=O) groups is 2. The quantitative estimate of drug-likeness (QED) is 0.287. The highest BCUT2D eigenvalue weighted by atomic mass is 35.5. The zero-order valence-electron chi connectivity index (χ0n) is 28.5. The lowest BCUT2D eigenvalue weighted by Gasteiger charge is -2.46. The average Bonchev–Trinajstić information content (AvgIpc) is 3.25. The maximum Gasteiger partial charge on any atom is 0.286 e. The van der Waals surface area contributed by atoms with Crippen LogP contribution >= 0.6 is 11.6 Å². The molecule has 1 fully saturated rings. The van der Waals surface area contributed by atoms with E-state index in [1.54, 1.807) is 25.6 Å². The number of amides is 2. The molecule has 3 aromatic rings. The summed E-state index contributed by atoms with van der Waals surface area (Å²) in [7, 11) is -1.64. The molecule has 1 unspecified atom stereocenters. The summed E-state index contributed by atoms with van der Waals surface area (Å²) in [5.41, 5.74) is 4.34. The second-order valence-electron chi connectivity index (χ2n) is 14.2. The summed E-state index contributed by atoms with van der Waals surface area (Å²) in [6.45, 7) is 2.03. The van der Waals surface area contributed by atoms with Crippen molar-refractivity contribution in [3.63, 3.8) is 0 Å². The van der Waals surface area contributed by atoms with Crippen molar-refractivity contribution in [1.29, 1.82) is 0 Å². The fraction of sp³-hybridized carbons (Fsp3) is 0.462. The predicted octanol–water partition coefficient (Wildman–Crippen LogP) is 6.87. The second kappa shape index (κ2) is 14.9. The van der Waals surface area contributed by atoms with E-state index in [-0.39, 0.29) is 23.7 Å². The van der Waals surface area contributed by atoms with Crippen LogP contribution in [0.3, 0.4) is 0 Å². The molecule has 2 aliphatic carbocycles. The molecular formula is C39H45ClN4O5S. The number of hydrogen-bond acceptors (Lipinski definition) is 7. The van der Waals surface area contributed by atoms with Crippen LogP contribution in [-0.4, -0.2) is 59.7 Å². The van der Waals surface area contributed by atoms with E-state index in [1.165, 1.54) is 11.1 Å². The lowest BCUT2D eigenvalue weighted by atomic mass is 9.68. The van der Waals surface area contributed by atoms with Gasteiger partial charge in [0.25, 0.3) is 5.91 Å². The number of aromatic nitrogens is 1. The third-order valence-corrected chi connectivity index (χ3v) is 13.0. The molecule has 1 saturated carbocycles. The van der Waals surface area contributed by atoms with Crippen molar-refractivity contribution in [2.75, 3.05) is 37.5 Å². The second-order valence-corrected chi connectivity index (χ2v) is 16.7. The number of rotatable bonds is 5. The standard InChI is InChI=1S/C39H45ClN4O5S/c1-48-35-9-3-2-4-20-50(47,42-37(45)17-10-27-7-6-19-41-23-27)43-38(46)29-12-16-36-34(22-29)44(24-30-11-14-32(30)35)25-39(26-49-36)18-5-8-28-21-31(40)13-15-33(28)39/h3,6-7,9,12-13,15-16,19,21-23,30,32,35H,2,4-5,8,10-11,14,17-18,20,24-26H2,1H3,(H,42,43,45,46,47)/b9-3+/t30-,32+,35-,39-,50?/m0/s1. The number of nitrogens with zero attached hydrogens (tertiary/aromatic N) is 3. The first-order valence-electron chi connectivity index (χ1n) is 17.7. The molecule has 9 nitrogen and oxygen atoms in total. The van der Waals surface area contributed by atoms with E-state index in [9.17, 15) is 13.8 Å². The lowest BCUT2D eigenvalue weighted by molar-refractivity contribution is -0.119. The molecule has 2 aliphatic heterocycles. The lowest BCUT2D eigenvalue weighted by Crippen LogP contribution is -2.49. The molecule has 264 valence electrons. The van der Waals surface area contributed by atoms with E-state index in [4.69, 9.17) is 21.1 Å². The van der Waals surface area contributed by atoms with Gasteiger partial charge in [-0.3, -0.25) is 19.3 Å². The highest BCUT2D eigenvalue weighted by molar-refractivity contribution is 7.92. The van der Waals surface area contributed by atoms with Gasteiger partial charge in [-0.15, -0.1) is 4.36 Å². The Morgan fingerprint density at radius 2 is 2.08 bits per heavy atom. The third-order valence-electron chi connectivity index (χ3n) is 10.9. The highest BCUT2D eigenvalue weighted by Crippen LogP contribution is 2.47. The Labute approximate surface area is 300 Å². The van der Waals surface area contributed by atoms with Crippen molar-refractivity contribution in [1.82, 2.24) is 9.71 Å². The number of benzene rings is 2. The fourth-order valence-corrected chi connectivity index (χ4v) is 9.97. The van der Waals surface area contributed by atoms with Crippen LogP contribution in [-0.2, 0) is 37.7 Å². The molecular weight excluding hydrogens is 672 g/mol. The summed E-state index contributed by atoms with van der Waals surface area (Å²) in [6.07, 6.45) is 14.4. The van der Waals surface area contributed by atoms with Crippen LogP contribution in [0.1, 0.15) is 72.0 Å². The number of ether oxygens (including phenoxy) is 2. The Bertz CT molecular complexity index is 1890. The predicted molar refractivity (Wildman–Crippen MR) is 196 cm³/mol. The average molecular weight is 717 g/mol. The molecule has 0 saturated heterocycles. The Morgan fingerprint density at radius 1 is 1.18 bits per heavy atom. The number of carbonyl (C=O) groups excluding carboxylic acids is 2. The maximum absolute atomic E-state index is 14.2. The minimum Gasteiger partial charge on any atom is -0.490 e. The van der Waals surface area contributed by atoms with E-state index in [2.05, 4.69) is 43.3 Å². The number of anilines is 1. The first-order valence-corrected chi connectivity index (χ1v) is 19.8. The van der Waals surface area contributed by atoms with Crippen molar-refractivity contribution < 1.29 is 23.3 Å². The topological polar surface area (TPSA) is 110 Å². The van der Waals surface area contributed by atoms with Gasteiger partial charge in [0.15, 0.2) is 0 Å². The van der Waals surface area contributed by atoms with Gasteiger partial charge in [-0.1, -0.05) is 35.9 Å². The Balaban J connectivity index is 1.24. The van der Waals surface area contributed by atoms with Crippen LogP contribution in [0, 0.1) is 11.8 Å². The van der Waals surface area contributed by atoms with Crippen LogP contribution in [0.5, 0.6) is 5.75 Å². The Kier molecular flexibility index (Phi) is 10.3. The van der Waals surface area contributed by atoms with Crippen LogP contribution < -0.4 is 14.4 Å². The summed E-state index contributed by atoms with van der Waals surface area (Å²) in [5.74, 6) is 0.482. The normalized spacial score (nSPS) is 28.6. The molecule has 0 radical (unpaired) electrons. The summed E-state index contributed by atoms with van der Waals surface area (Å²) in [6, 6.07) is 15.3. The summed E-state index contributed by atoms with van der Waals surface area (Å²) in [5, 5.41) is 0.743. The van der Waals surface area contributed by atoms with E-state index >= 15 is 0 Å². The smallest absolute Gasteiger partial charge is 0.286 e. The van der Waals surface area contributed by atoms with E-state index < -0.39 is 21.7 Å². The van der Waals surface area contributed by atoms with Crippen LogP contribution in [0.4, 0.5) is 5.69 Å². The van der Waals surface area contributed by atoms with Gasteiger partial charge in [0.05, 0.1) is 24.2 Å². The van der Waals surface area contributed by atoms with Gasteiger partial charge < -0.3 is 14.4 Å². The molecule has 3 heterocycles. The first-order chi connectivity index (χ1) is 24.2. The van der Waals surface area contributed by atoms with Crippen molar-refractivity contribution in [2.24, 2.45) is 16.2 Å². The summed E-state index contributed by atoms with van der Waals surface area (Å²) in [4.78, 5) is 33.4. The van der Waals surface area contributed by atoms with Gasteiger partial charge in [0.1, 0.15) is 15.7 Å². The van der Waals surface area contributed by atoms with Gasteiger partial charge >= 0.3 is 0 Å². The number of hydrogen-bond donors (Lipinski definition) is 1. The van der Waals surface area contributed by atoms with Gasteiger partial charge in [-0.05, 0) is 116 Å². The monoisotopic (exact) mass is 716 g/mol. The van der Waals surface area contributed by atoms with Crippen molar-refractivity contribution >= 4 is 39.0 Å². The SMILES string of the molecule is CO[C@H]1/C=C/CCCS(=O)(NC(=O)CCc2cccnc2)=NC(=O)c2ccc3c(c2)N(C[C@@H]2CC[C@H]21)C[C@@]1(CCCc2cc(Cl)ccc21)CO3. The molecule has 1 spiro atoms. The third kappa shape index (κ3) is 7.48. The van der Waals surface area contributed by atoms with Crippen LogP contribution in [0.2, 0.25) is 5.02 Å². The van der Waals surface area contributed by atoms with Gasteiger partial charge in [0, 0.05) is 55.0 Å². The molecule has 5 atom stereocenters. The van der Waals surface area contributed by atoms with Crippen LogP contribution in [0.25, 0.3) is 0 Å². The maximum atomic E-state index is 14.2. The highest BCUT2D eigenvalue weighted by Gasteiger charge is 2.44. The van der Waals surface area contributed by atoms with Gasteiger partial charge in [-0.2, -0.15) is 0 Å². The molecule has 11 heteroatoms. The molecule has 2 amide bonds. The molecule has 4 aliphatic rings. The van der Waals surface area contributed by atoms with Gasteiger partial charge in [-0.25, -0.2) is 4.21 Å². The van der Waals surface area contributed by atoms with E-state index in [0.29, 0.717) is 49.0 Å². The number of pyridine rings is 1. The van der Waals surface area contributed by atoms with Gasteiger partial charge in [0.2, 0.25) is 5.91 Å². The first kappa shape index (κ1) is 34.7. The number of fused-ring (bicyclic) bond motifs is 4. The van der Waals surface area contributed by atoms with Crippen molar-refractivity contribution in [2.45, 2.75) is 69.3 Å². The Morgan fingerprint density at radius 3 is 2.88 bits per heavy atom. The van der Waals surface area contributed by atoms with Crippen molar-refractivity contribution in [3.05, 3.63) is 100 Å². The number of allylic oxidation sites excluding steroid dienone is 1. The zero-order chi connectivity index (χ0) is 34.7. The minimum absolute atomic E-state index is 0.0370. The van der Waals surface area contributed by atoms with E-state index in [1.807, 2.05) is 30.3 Å². The number of nitrogens with one attached hydrogen (secondary N) is 1. The number of methoxy groups -OCH3 is 1. The largest absolute Gasteiger partial charge is 0.490 e. The molecule has 1 N–H and O–H groups in total. The fourth-order valence-electron chi connectivity index (χ4n) is 8.15.